The van der Waals surface area contributed by atoms with Crippen LogP contribution in [0.2, 0.25) is 5.04 Å². The van der Waals surface area contributed by atoms with Crippen molar-refractivity contribution in [2.75, 3.05) is 6.61 Å². The lowest BCUT2D eigenvalue weighted by molar-refractivity contribution is -0.122. The van der Waals surface area contributed by atoms with E-state index in [4.69, 9.17) is 4.43 Å². The molecule has 0 aliphatic carbocycles. The number of nitrogens with zero attached hydrogens (tertiary/aromatic N) is 1. The molecular formula is C29H33NO5SSi. The van der Waals surface area contributed by atoms with E-state index >= 15 is 0 Å². The number of carbonyl (C=O) groups is 1. The Labute approximate surface area is 220 Å². The van der Waals surface area contributed by atoms with Gasteiger partial charge in [-0.15, -0.1) is 0 Å². The quantitative estimate of drug-likeness (QED) is 0.469. The van der Waals surface area contributed by atoms with Crippen LogP contribution in [-0.2, 0) is 19.2 Å². The summed E-state index contributed by atoms with van der Waals surface area (Å²) in [6.07, 6.45) is 0.954. The lowest BCUT2D eigenvalue weighted by atomic mass is 10.1. The van der Waals surface area contributed by atoms with Crippen molar-refractivity contribution in [3.05, 3.63) is 103 Å². The molecule has 0 fully saturated rings. The summed E-state index contributed by atoms with van der Waals surface area (Å²) in [4.78, 5) is 13.2. The highest BCUT2D eigenvalue weighted by Gasteiger charge is 2.52. The number of hydrogen-bond donors (Lipinski definition) is 1. The van der Waals surface area contributed by atoms with Crippen molar-refractivity contribution in [1.82, 2.24) is 4.31 Å². The molecule has 0 amide bonds. The SMILES string of the molecule is Cc1ccc(S(=O)(=O)N2[C@@H](O)C=CC(=O)[C@@H]2CO[Si](c2ccccc2)(c2ccccc2)C(C)(C)C)cc1. The minimum Gasteiger partial charge on any atom is -0.405 e. The van der Waals surface area contributed by atoms with Crippen molar-refractivity contribution < 1.29 is 22.7 Å². The number of aliphatic hydroxyl groups excluding tert-OH is 1. The van der Waals surface area contributed by atoms with Crippen LogP contribution in [0.5, 0.6) is 0 Å². The molecule has 1 aliphatic heterocycles. The molecule has 0 aromatic heterocycles. The average Bonchev–Trinajstić information content (AvgIpc) is 2.87. The monoisotopic (exact) mass is 535 g/mol. The fourth-order valence-corrected chi connectivity index (χ4v) is 11.1. The molecule has 3 aromatic rings. The summed E-state index contributed by atoms with van der Waals surface area (Å²) < 4.78 is 35.1. The van der Waals surface area contributed by atoms with Gasteiger partial charge in [-0.3, -0.25) is 4.79 Å². The molecular weight excluding hydrogens is 502 g/mol. The van der Waals surface area contributed by atoms with Gasteiger partial charge in [0.2, 0.25) is 10.0 Å². The Morgan fingerprint density at radius 1 is 0.892 bits per heavy atom. The summed E-state index contributed by atoms with van der Waals surface area (Å²) in [6, 6.07) is 25.0. The van der Waals surface area contributed by atoms with E-state index in [0.29, 0.717) is 0 Å². The number of carbonyl (C=O) groups excluding carboxylic acids is 1. The van der Waals surface area contributed by atoms with E-state index in [0.717, 1.165) is 20.2 Å². The van der Waals surface area contributed by atoms with Crippen LogP contribution in [0.4, 0.5) is 0 Å². The number of rotatable bonds is 7. The molecule has 0 unspecified atom stereocenters. The first-order valence-corrected chi connectivity index (χ1v) is 15.6. The van der Waals surface area contributed by atoms with E-state index in [-0.39, 0.29) is 16.5 Å². The Morgan fingerprint density at radius 3 is 1.89 bits per heavy atom. The second-order valence-corrected chi connectivity index (χ2v) is 16.5. The van der Waals surface area contributed by atoms with Crippen LogP contribution in [0.1, 0.15) is 26.3 Å². The maximum absolute atomic E-state index is 13.7. The normalized spacial score (nSPS) is 19.2. The van der Waals surface area contributed by atoms with Crippen molar-refractivity contribution in [2.24, 2.45) is 0 Å². The van der Waals surface area contributed by atoms with Crippen molar-refractivity contribution in [1.29, 1.82) is 0 Å². The van der Waals surface area contributed by atoms with Gasteiger partial charge >= 0.3 is 0 Å². The zero-order valence-corrected chi connectivity index (χ0v) is 23.4. The van der Waals surface area contributed by atoms with Gasteiger partial charge in [-0.05, 0) is 46.6 Å². The van der Waals surface area contributed by atoms with Gasteiger partial charge < -0.3 is 9.53 Å². The topological polar surface area (TPSA) is 83.9 Å². The predicted octanol–water partition coefficient (Wildman–Crippen LogP) is 3.39. The molecule has 194 valence electrons. The van der Waals surface area contributed by atoms with Gasteiger partial charge in [0.1, 0.15) is 12.3 Å². The van der Waals surface area contributed by atoms with E-state index < -0.39 is 36.4 Å². The number of aliphatic hydroxyl groups is 1. The lowest BCUT2D eigenvalue weighted by Crippen LogP contribution is -2.68. The third-order valence-corrected chi connectivity index (χ3v) is 13.7. The number of sulfonamides is 1. The fourth-order valence-electron chi connectivity index (χ4n) is 4.95. The Balaban J connectivity index is 1.80. The van der Waals surface area contributed by atoms with Crippen molar-refractivity contribution >= 4 is 34.5 Å². The minimum atomic E-state index is -4.20. The molecule has 0 radical (unpaired) electrons. The molecule has 0 saturated carbocycles. The van der Waals surface area contributed by atoms with Gasteiger partial charge in [-0.2, -0.15) is 4.31 Å². The zero-order chi connectivity index (χ0) is 26.8. The number of hydrogen-bond acceptors (Lipinski definition) is 5. The van der Waals surface area contributed by atoms with Crippen molar-refractivity contribution in [3.8, 4) is 0 Å². The highest BCUT2D eigenvalue weighted by molar-refractivity contribution is 7.89. The Bertz CT molecular complexity index is 1330. The number of ketones is 1. The zero-order valence-electron chi connectivity index (χ0n) is 21.5. The molecule has 8 heteroatoms. The Hall–Kier alpha value is -2.88. The standard InChI is InChI=1S/C29H33NO5SSi/c1-22-15-17-23(18-16-22)36(33,34)30-26(27(31)19-20-28(30)32)21-35-37(29(2,3)4,24-11-7-5-8-12-24)25-13-9-6-10-14-25/h5-20,26,28,32H,21H2,1-4H3/t26-,28-/m0/s1. The highest BCUT2D eigenvalue weighted by atomic mass is 32.2. The third-order valence-electron chi connectivity index (χ3n) is 6.80. The van der Waals surface area contributed by atoms with Crippen LogP contribution in [0, 0.1) is 6.92 Å². The van der Waals surface area contributed by atoms with Crippen LogP contribution in [0.15, 0.2) is 102 Å². The summed E-state index contributed by atoms with van der Waals surface area (Å²) in [5.41, 5.74) is 0.903. The highest BCUT2D eigenvalue weighted by Crippen LogP contribution is 2.37. The summed E-state index contributed by atoms with van der Waals surface area (Å²) in [7, 11) is -7.24. The molecule has 0 spiro atoms. The molecule has 1 aliphatic rings. The number of aryl methyl sites for hydroxylation is 1. The first-order valence-electron chi connectivity index (χ1n) is 12.2. The van der Waals surface area contributed by atoms with Crippen LogP contribution in [0.25, 0.3) is 0 Å². The third kappa shape index (κ3) is 5.12. The Kier molecular flexibility index (Phi) is 7.69. The van der Waals surface area contributed by atoms with Crippen LogP contribution >= 0.6 is 0 Å². The lowest BCUT2D eigenvalue weighted by Gasteiger charge is -2.44. The van der Waals surface area contributed by atoms with Gasteiger partial charge in [0.15, 0.2) is 5.78 Å². The molecule has 0 saturated heterocycles. The van der Waals surface area contributed by atoms with E-state index in [1.54, 1.807) is 12.1 Å². The van der Waals surface area contributed by atoms with Crippen molar-refractivity contribution in [2.45, 2.75) is 49.9 Å². The minimum absolute atomic E-state index is 0.00991. The molecule has 6 nitrogen and oxygen atoms in total. The van der Waals surface area contributed by atoms with E-state index in [1.165, 1.54) is 24.3 Å². The van der Waals surface area contributed by atoms with Crippen LogP contribution < -0.4 is 10.4 Å². The van der Waals surface area contributed by atoms with Crippen LogP contribution in [0.3, 0.4) is 0 Å². The van der Waals surface area contributed by atoms with E-state index in [9.17, 15) is 18.3 Å². The summed E-state index contributed by atoms with van der Waals surface area (Å²) in [6.45, 7) is 7.99. The smallest absolute Gasteiger partial charge is 0.261 e. The molecule has 1 heterocycles. The first-order chi connectivity index (χ1) is 17.5. The second kappa shape index (κ2) is 10.5. The van der Waals surface area contributed by atoms with Gasteiger partial charge in [0.05, 0.1) is 11.5 Å². The first kappa shape index (κ1) is 27.2. The summed E-state index contributed by atoms with van der Waals surface area (Å²) in [5, 5.41) is 12.5. The molecule has 1 N–H and O–H groups in total. The largest absolute Gasteiger partial charge is 0.405 e. The second-order valence-electron chi connectivity index (χ2n) is 10.3. The van der Waals surface area contributed by atoms with Crippen molar-refractivity contribution in [3.63, 3.8) is 0 Å². The Morgan fingerprint density at radius 2 is 1.41 bits per heavy atom. The van der Waals surface area contributed by atoms with Gasteiger partial charge in [-0.1, -0.05) is 99.1 Å². The average molecular weight is 536 g/mol. The van der Waals surface area contributed by atoms with Gasteiger partial charge in [0, 0.05) is 0 Å². The summed E-state index contributed by atoms with van der Waals surface area (Å²) >= 11 is 0. The molecule has 3 aromatic carbocycles. The van der Waals surface area contributed by atoms with Gasteiger partial charge in [-0.25, -0.2) is 8.42 Å². The molecule has 4 rings (SSSR count). The van der Waals surface area contributed by atoms with E-state index in [1.807, 2.05) is 67.6 Å². The fraction of sp³-hybridized carbons (Fsp3) is 0.276. The maximum Gasteiger partial charge on any atom is 0.261 e. The van der Waals surface area contributed by atoms with Crippen LogP contribution in [-0.4, -0.2) is 50.8 Å². The maximum atomic E-state index is 13.7. The molecule has 2 atom stereocenters. The predicted molar refractivity (Wildman–Crippen MR) is 148 cm³/mol. The van der Waals surface area contributed by atoms with Gasteiger partial charge in [0.25, 0.3) is 8.32 Å². The van der Waals surface area contributed by atoms with E-state index in [2.05, 4.69) is 20.8 Å². The molecule has 37 heavy (non-hydrogen) atoms. The molecule has 0 bridgehead atoms. The number of benzene rings is 3. The summed E-state index contributed by atoms with van der Waals surface area (Å²) in [5.74, 6) is -0.432.